The number of hydrogen-bond donors (Lipinski definition) is 2. The third-order valence-corrected chi connectivity index (χ3v) is 5.71. The number of carbonyl (C=O) groups is 2. The van der Waals surface area contributed by atoms with E-state index in [2.05, 4.69) is 34.3 Å². The summed E-state index contributed by atoms with van der Waals surface area (Å²) < 4.78 is 10.7. The molecule has 0 saturated carbocycles. The van der Waals surface area contributed by atoms with Crippen LogP contribution in [-0.4, -0.2) is 91.5 Å². The molecule has 2 aliphatic heterocycles. The van der Waals surface area contributed by atoms with Crippen molar-refractivity contribution in [2.45, 2.75) is 65.1 Å². The number of rotatable bonds is 7. The van der Waals surface area contributed by atoms with E-state index in [1.54, 1.807) is 0 Å². The summed E-state index contributed by atoms with van der Waals surface area (Å²) >= 11 is 0. The minimum atomic E-state index is -0.501. The Morgan fingerprint density at radius 2 is 1.79 bits per heavy atom. The van der Waals surface area contributed by atoms with Crippen molar-refractivity contribution >= 4 is 12.0 Å². The van der Waals surface area contributed by atoms with E-state index in [9.17, 15) is 9.59 Å². The molecule has 2 amide bonds. The van der Waals surface area contributed by atoms with E-state index in [0.29, 0.717) is 19.0 Å². The lowest BCUT2D eigenvalue weighted by molar-refractivity contribution is -0.122. The number of alkyl carbamates (subject to hydrolysis) is 1. The Labute approximate surface area is 175 Å². The highest BCUT2D eigenvalue weighted by atomic mass is 16.6. The number of amides is 2. The van der Waals surface area contributed by atoms with Crippen LogP contribution in [0, 0.1) is 5.92 Å². The predicted octanol–water partition coefficient (Wildman–Crippen LogP) is 1.45. The number of likely N-dealkylation sites (tertiary alicyclic amines) is 1. The van der Waals surface area contributed by atoms with Crippen LogP contribution in [0.5, 0.6) is 0 Å². The van der Waals surface area contributed by atoms with E-state index in [4.69, 9.17) is 9.47 Å². The normalized spacial score (nSPS) is 22.9. The molecule has 8 nitrogen and oxygen atoms in total. The van der Waals surface area contributed by atoms with E-state index in [-0.39, 0.29) is 23.6 Å². The molecule has 168 valence electrons. The van der Waals surface area contributed by atoms with Crippen molar-refractivity contribution in [1.29, 1.82) is 0 Å². The zero-order chi connectivity index (χ0) is 21.7. The first kappa shape index (κ1) is 23.9. The highest BCUT2D eigenvalue weighted by Crippen LogP contribution is 2.20. The molecular weight excluding hydrogens is 372 g/mol. The maximum Gasteiger partial charge on any atom is 0.407 e. The zero-order valence-corrected chi connectivity index (χ0v) is 19.0. The summed E-state index contributed by atoms with van der Waals surface area (Å²) in [5.41, 5.74) is -0.586. The largest absolute Gasteiger partial charge is 0.444 e. The van der Waals surface area contributed by atoms with Gasteiger partial charge in [0.05, 0.1) is 19.8 Å². The summed E-state index contributed by atoms with van der Waals surface area (Å²) in [6, 6.07) is 0.0122. The lowest BCUT2D eigenvalue weighted by Gasteiger charge is -2.40. The van der Waals surface area contributed by atoms with Crippen molar-refractivity contribution < 1.29 is 19.1 Å². The first-order chi connectivity index (χ1) is 13.5. The molecule has 0 aromatic rings. The molecule has 2 rings (SSSR count). The minimum absolute atomic E-state index is 0.0122. The molecule has 2 fully saturated rings. The second-order valence-corrected chi connectivity index (χ2v) is 9.91. The van der Waals surface area contributed by atoms with Crippen LogP contribution in [0.15, 0.2) is 0 Å². The van der Waals surface area contributed by atoms with Gasteiger partial charge < -0.3 is 20.1 Å². The molecule has 0 radical (unpaired) electrons. The van der Waals surface area contributed by atoms with Gasteiger partial charge in [-0.3, -0.25) is 14.6 Å². The fraction of sp³-hybridized carbons (Fsp3) is 0.905. The second-order valence-electron chi connectivity index (χ2n) is 9.91. The standard InChI is InChI=1S/C21H40N4O4/c1-16(23-19(27)29-20(2,3)4)17-7-8-24(13-17)14-18(26)22-15-21(5,6)25-9-11-28-12-10-25/h16-17H,7-15H2,1-6H3,(H,22,26)(H,23,27). The Balaban J connectivity index is 1.70. The average Bonchev–Trinajstić information content (AvgIpc) is 3.08. The summed E-state index contributed by atoms with van der Waals surface area (Å²) in [6.45, 7) is 17.9. The smallest absolute Gasteiger partial charge is 0.407 e. The Morgan fingerprint density at radius 1 is 1.14 bits per heavy atom. The molecule has 2 aliphatic rings. The van der Waals surface area contributed by atoms with E-state index in [1.807, 2.05) is 27.7 Å². The Kier molecular flexibility index (Phi) is 8.31. The lowest BCUT2D eigenvalue weighted by atomic mass is 10.0. The van der Waals surface area contributed by atoms with E-state index in [0.717, 1.165) is 45.8 Å². The summed E-state index contributed by atoms with van der Waals surface area (Å²) in [5, 5.41) is 6.03. The fourth-order valence-electron chi connectivity index (χ4n) is 3.88. The van der Waals surface area contributed by atoms with E-state index < -0.39 is 5.60 Å². The van der Waals surface area contributed by atoms with Crippen molar-refractivity contribution in [3.8, 4) is 0 Å². The second kappa shape index (κ2) is 10.1. The van der Waals surface area contributed by atoms with Gasteiger partial charge in [0.15, 0.2) is 0 Å². The molecule has 8 heteroatoms. The Hall–Kier alpha value is -1.38. The maximum absolute atomic E-state index is 12.5. The first-order valence-corrected chi connectivity index (χ1v) is 10.8. The molecule has 2 N–H and O–H groups in total. The maximum atomic E-state index is 12.5. The number of ether oxygens (including phenoxy) is 2. The van der Waals surface area contributed by atoms with Gasteiger partial charge in [0.25, 0.3) is 0 Å². The van der Waals surface area contributed by atoms with Gasteiger partial charge in [0.1, 0.15) is 5.60 Å². The van der Waals surface area contributed by atoms with Gasteiger partial charge in [-0.05, 0) is 60.4 Å². The fourth-order valence-corrected chi connectivity index (χ4v) is 3.88. The van der Waals surface area contributed by atoms with Gasteiger partial charge in [0.2, 0.25) is 5.91 Å². The van der Waals surface area contributed by atoms with Gasteiger partial charge in [0, 0.05) is 37.8 Å². The molecule has 0 aliphatic carbocycles. The van der Waals surface area contributed by atoms with Gasteiger partial charge in [-0.25, -0.2) is 4.79 Å². The van der Waals surface area contributed by atoms with Crippen LogP contribution in [0.2, 0.25) is 0 Å². The minimum Gasteiger partial charge on any atom is -0.444 e. The predicted molar refractivity (Wildman–Crippen MR) is 113 cm³/mol. The molecule has 0 aromatic heterocycles. The van der Waals surface area contributed by atoms with E-state index >= 15 is 0 Å². The van der Waals surface area contributed by atoms with Crippen molar-refractivity contribution in [3.05, 3.63) is 0 Å². The lowest BCUT2D eigenvalue weighted by Crippen LogP contribution is -2.56. The number of nitrogens with one attached hydrogen (secondary N) is 2. The van der Waals surface area contributed by atoms with Crippen LogP contribution in [0.1, 0.15) is 48.0 Å². The third-order valence-electron chi connectivity index (χ3n) is 5.71. The summed E-state index contributed by atoms with van der Waals surface area (Å²) in [5.74, 6) is 0.375. The van der Waals surface area contributed by atoms with Gasteiger partial charge in [-0.15, -0.1) is 0 Å². The van der Waals surface area contributed by atoms with Crippen LogP contribution in [0.3, 0.4) is 0 Å². The Bertz CT molecular complexity index is 555. The van der Waals surface area contributed by atoms with E-state index in [1.165, 1.54) is 0 Å². The monoisotopic (exact) mass is 412 g/mol. The van der Waals surface area contributed by atoms with Crippen LogP contribution < -0.4 is 10.6 Å². The molecule has 2 heterocycles. The van der Waals surface area contributed by atoms with Crippen molar-refractivity contribution in [2.24, 2.45) is 5.92 Å². The Morgan fingerprint density at radius 3 is 2.41 bits per heavy atom. The van der Waals surface area contributed by atoms with Gasteiger partial charge in [-0.1, -0.05) is 0 Å². The molecule has 0 aromatic carbocycles. The molecule has 0 bridgehead atoms. The van der Waals surface area contributed by atoms with Crippen LogP contribution in [0.4, 0.5) is 4.79 Å². The number of nitrogens with zero attached hydrogens (tertiary/aromatic N) is 2. The topological polar surface area (TPSA) is 83.1 Å². The van der Waals surface area contributed by atoms with Gasteiger partial charge >= 0.3 is 6.09 Å². The number of morpholine rings is 1. The molecule has 2 atom stereocenters. The highest BCUT2D eigenvalue weighted by Gasteiger charge is 2.31. The summed E-state index contributed by atoms with van der Waals surface area (Å²) in [7, 11) is 0. The van der Waals surface area contributed by atoms with Crippen LogP contribution in [-0.2, 0) is 14.3 Å². The van der Waals surface area contributed by atoms with Crippen molar-refractivity contribution in [3.63, 3.8) is 0 Å². The first-order valence-electron chi connectivity index (χ1n) is 10.8. The molecular formula is C21H40N4O4. The quantitative estimate of drug-likeness (QED) is 0.659. The molecule has 2 saturated heterocycles. The third kappa shape index (κ3) is 8.10. The molecule has 29 heavy (non-hydrogen) atoms. The van der Waals surface area contributed by atoms with Crippen molar-refractivity contribution in [1.82, 2.24) is 20.4 Å². The molecule has 0 spiro atoms. The summed E-state index contributed by atoms with van der Waals surface area (Å²) in [4.78, 5) is 29.0. The van der Waals surface area contributed by atoms with Crippen molar-refractivity contribution in [2.75, 3.05) is 52.5 Å². The SMILES string of the molecule is CC(NC(=O)OC(C)(C)C)C1CCN(CC(=O)NCC(C)(C)N2CCOCC2)C1. The van der Waals surface area contributed by atoms with Gasteiger partial charge in [-0.2, -0.15) is 0 Å². The summed E-state index contributed by atoms with van der Waals surface area (Å²) in [6.07, 6.45) is 0.579. The number of hydrogen-bond acceptors (Lipinski definition) is 6. The highest BCUT2D eigenvalue weighted by molar-refractivity contribution is 5.78. The molecule has 2 unspecified atom stereocenters. The van der Waals surface area contributed by atoms with Crippen LogP contribution >= 0.6 is 0 Å². The zero-order valence-electron chi connectivity index (χ0n) is 19.0. The average molecular weight is 413 g/mol. The van der Waals surface area contributed by atoms with Crippen LogP contribution in [0.25, 0.3) is 0 Å². The number of carbonyl (C=O) groups excluding carboxylic acids is 2.